The number of hydrogen-bond donors (Lipinski definition) is 1. The molecule has 3 nitrogen and oxygen atoms in total. The van der Waals surface area contributed by atoms with E-state index < -0.39 is 5.82 Å². The summed E-state index contributed by atoms with van der Waals surface area (Å²) < 4.78 is 18.1. The van der Waals surface area contributed by atoms with Gasteiger partial charge in [0.2, 0.25) is 0 Å². The lowest BCUT2D eigenvalue weighted by molar-refractivity contribution is -0.118. The summed E-state index contributed by atoms with van der Waals surface area (Å²) in [7, 11) is 0. The van der Waals surface area contributed by atoms with Gasteiger partial charge < -0.3 is 10.1 Å². The molecule has 104 valence electrons. The lowest BCUT2D eigenvalue weighted by Gasteiger charge is -2.10. The van der Waals surface area contributed by atoms with Crippen LogP contribution in [-0.2, 0) is 4.79 Å². The third-order valence-electron chi connectivity index (χ3n) is 2.67. The monoisotopic (exact) mass is 293 g/mol. The summed E-state index contributed by atoms with van der Waals surface area (Å²) in [5.41, 5.74) is 1.69. The topological polar surface area (TPSA) is 38.3 Å². The summed E-state index contributed by atoms with van der Waals surface area (Å²) in [6.45, 7) is 1.70. The van der Waals surface area contributed by atoms with E-state index in [4.69, 9.17) is 16.3 Å². The van der Waals surface area contributed by atoms with E-state index >= 15 is 0 Å². The first-order valence-electron chi connectivity index (χ1n) is 5.99. The molecule has 0 radical (unpaired) electrons. The van der Waals surface area contributed by atoms with Crippen molar-refractivity contribution in [2.24, 2.45) is 0 Å². The Morgan fingerprint density at radius 1 is 1.30 bits per heavy atom. The number of para-hydroxylation sites is 1. The lowest BCUT2D eigenvalue weighted by atomic mass is 10.2. The van der Waals surface area contributed by atoms with E-state index in [1.54, 1.807) is 6.07 Å². The van der Waals surface area contributed by atoms with Crippen LogP contribution in [0.3, 0.4) is 0 Å². The molecule has 0 aliphatic carbocycles. The second kappa shape index (κ2) is 6.39. The third kappa shape index (κ3) is 3.71. The first-order chi connectivity index (χ1) is 9.56. The predicted octanol–water partition coefficient (Wildman–Crippen LogP) is 3.81. The summed E-state index contributed by atoms with van der Waals surface area (Å²) in [6, 6.07) is 11.2. The van der Waals surface area contributed by atoms with Gasteiger partial charge in [-0.15, -0.1) is 0 Å². The number of benzene rings is 2. The van der Waals surface area contributed by atoms with Crippen molar-refractivity contribution < 1.29 is 13.9 Å². The van der Waals surface area contributed by atoms with Crippen molar-refractivity contribution in [3.63, 3.8) is 0 Å². The Hall–Kier alpha value is -2.07. The molecule has 2 rings (SSSR count). The normalized spacial score (nSPS) is 10.2. The van der Waals surface area contributed by atoms with Crippen molar-refractivity contribution in [1.82, 2.24) is 0 Å². The Balaban J connectivity index is 1.94. The molecule has 20 heavy (non-hydrogen) atoms. The fourth-order valence-corrected chi connectivity index (χ4v) is 1.86. The van der Waals surface area contributed by atoms with Crippen molar-refractivity contribution in [1.29, 1.82) is 0 Å². The Morgan fingerprint density at radius 3 is 2.75 bits per heavy atom. The van der Waals surface area contributed by atoms with E-state index in [0.29, 0.717) is 0 Å². The molecular formula is C15H13ClFNO2. The van der Waals surface area contributed by atoms with Gasteiger partial charge in [0, 0.05) is 5.69 Å². The van der Waals surface area contributed by atoms with Crippen molar-refractivity contribution in [3.8, 4) is 5.75 Å². The van der Waals surface area contributed by atoms with E-state index in [2.05, 4.69) is 5.32 Å². The van der Waals surface area contributed by atoms with Crippen LogP contribution < -0.4 is 10.1 Å². The van der Waals surface area contributed by atoms with Gasteiger partial charge in [0.25, 0.3) is 5.91 Å². The van der Waals surface area contributed by atoms with Crippen molar-refractivity contribution >= 4 is 23.2 Å². The maximum Gasteiger partial charge on any atom is 0.262 e. The minimum atomic E-state index is -0.452. The van der Waals surface area contributed by atoms with Crippen LogP contribution in [0.2, 0.25) is 5.02 Å². The Bertz CT molecular complexity index is 631. The van der Waals surface area contributed by atoms with E-state index in [9.17, 15) is 9.18 Å². The smallest absolute Gasteiger partial charge is 0.262 e. The number of aryl methyl sites for hydroxylation is 1. The van der Waals surface area contributed by atoms with E-state index in [1.165, 1.54) is 12.1 Å². The zero-order valence-corrected chi connectivity index (χ0v) is 11.6. The molecule has 0 saturated carbocycles. The molecule has 0 aromatic heterocycles. The van der Waals surface area contributed by atoms with E-state index in [0.717, 1.165) is 17.3 Å². The van der Waals surface area contributed by atoms with Crippen LogP contribution in [0.15, 0.2) is 42.5 Å². The second-order valence-corrected chi connectivity index (χ2v) is 4.63. The number of halogens is 2. The van der Waals surface area contributed by atoms with Gasteiger partial charge in [-0.2, -0.15) is 0 Å². The van der Waals surface area contributed by atoms with Crippen molar-refractivity contribution in [3.05, 3.63) is 58.9 Å². The highest BCUT2D eigenvalue weighted by molar-refractivity contribution is 6.32. The summed E-state index contributed by atoms with van der Waals surface area (Å²) in [5, 5.41) is 2.86. The fourth-order valence-electron chi connectivity index (χ4n) is 1.64. The predicted molar refractivity (Wildman–Crippen MR) is 76.7 cm³/mol. The molecule has 5 heteroatoms. The second-order valence-electron chi connectivity index (χ2n) is 4.23. The molecule has 0 aliphatic heterocycles. The average molecular weight is 294 g/mol. The molecule has 0 aliphatic rings. The molecule has 0 unspecified atom stereocenters. The lowest BCUT2D eigenvalue weighted by Crippen LogP contribution is -2.20. The van der Waals surface area contributed by atoms with Gasteiger partial charge in [-0.1, -0.05) is 29.8 Å². The van der Waals surface area contributed by atoms with Crippen LogP contribution in [0, 0.1) is 12.7 Å². The average Bonchev–Trinajstić information content (AvgIpc) is 2.40. The molecule has 0 heterocycles. The van der Waals surface area contributed by atoms with Gasteiger partial charge >= 0.3 is 0 Å². The molecule has 2 aromatic rings. The van der Waals surface area contributed by atoms with Gasteiger partial charge in [0.15, 0.2) is 6.61 Å². The van der Waals surface area contributed by atoms with Crippen LogP contribution in [0.4, 0.5) is 10.1 Å². The van der Waals surface area contributed by atoms with E-state index in [1.807, 2.05) is 25.1 Å². The molecule has 0 atom stereocenters. The number of amides is 1. The quantitative estimate of drug-likeness (QED) is 0.931. The van der Waals surface area contributed by atoms with Crippen LogP contribution in [-0.4, -0.2) is 12.5 Å². The standard InChI is InChI=1S/C15H13ClFNO2/c1-10-4-2-3-5-13(10)18-15(19)9-20-14-7-6-11(17)8-12(14)16/h2-8H,9H2,1H3,(H,18,19). The first kappa shape index (κ1) is 14.3. The zero-order valence-electron chi connectivity index (χ0n) is 10.8. The molecule has 1 amide bonds. The number of rotatable bonds is 4. The molecule has 0 fully saturated rings. The first-order valence-corrected chi connectivity index (χ1v) is 6.37. The maximum atomic E-state index is 12.9. The largest absolute Gasteiger partial charge is 0.482 e. The summed E-state index contributed by atoms with van der Waals surface area (Å²) >= 11 is 5.80. The summed E-state index contributed by atoms with van der Waals surface area (Å²) in [5.74, 6) is -0.487. The molecule has 0 saturated heterocycles. The highest BCUT2D eigenvalue weighted by atomic mass is 35.5. The van der Waals surface area contributed by atoms with Gasteiger partial charge in [-0.05, 0) is 36.8 Å². The zero-order chi connectivity index (χ0) is 14.5. The highest BCUT2D eigenvalue weighted by Gasteiger charge is 2.08. The van der Waals surface area contributed by atoms with Crippen molar-refractivity contribution in [2.75, 3.05) is 11.9 Å². The minimum Gasteiger partial charge on any atom is -0.482 e. The minimum absolute atomic E-state index is 0.133. The van der Waals surface area contributed by atoms with Gasteiger partial charge in [-0.25, -0.2) is 4.39 Å². The molecular weight excluding hydrogens is 281 g/mol. The Morgan fingerprint density at radius 2 is 2.05 bits per heavy atom. The molecule has 1 N–H and O–H groups in total. The number of ether oxygens (including phenoxy) is 1. The SMILES string of the molecule is Cc1ccccc1NC(=O)COc1ccc(F)cc1Cl. The van der Waals surface area contributed by atoms with Crippen molar-refractivity contribution in [2.45, 2.75) is 6.92 Å². The number of carbonyl (C=O) groups excluding carboxylic acids is 1. The van der Waals surface area contributed by atoms with Gasteiger partial charge in [0.05, 0.1) is 5.02 Å². The van der Waals surface area contributed by atoms with Crippen LogP contribution in [0.5, 0.6) is 5.75 Å². The fraction of sp³-hybridized carbons (Fsp3) is 0.133. The number of nitrogens with one attached hydrogen (secondary N) is 1. The number of anilines is 1. The molecule has 0 spiro atoms. The Labute approximate surface area is 121 Å². The van der Waals surface area contributed by atoms with Gasteiger partial charge in [0.1, 0.15) is 11.6 Å². The molecule has 2 aromatic carbocycles. The van der Waals surface area contributed by atoms with Crippen LogP contribution in [0.25, 0.3) is 0 Å². The third-order valence-corrected chi connectivity index (χ3v) is 2.97. The molecule has 0 bridgehead atoms. The summed E-state index contributed by atoms with van der Waals surface area (Å²) in [6.07, 6.45) is 0. The van der Waals surface area contributed by atoms with Gasteiger partial charge in [-0.3, -0.25) is 4.79 Å². The number of carbonyl (C=O) groups is 1. The number of hydrogen-bond acceptors (Lipinski definition) is 2. The maximum absolute atomic E-state index is 12.9. The van der Waals surface area contributed by atoms with Crippen LogP contribution in [0.1, 0.15) is 5.56 Å². The Kier molecular flexibility index (Phi) is 4.58. The highest BCUT2D eigenvalue weighted by Crippen LogP contribution is 2.24. The summed E-state index contributed by atoms with van der Waals surface area (Å²) in [4.78, 5) is 11.8. The van der Waals surface area contributed by atoms with Crippen LogP contribution >= 0.6 is 11.6 Å². The van der Waals surface area contributed by atoms with E-state index in [-0.39, 0.29) is 23.3 Å².